The third-order valence-electron chi connectivity index (χ3n) is 6.35. The van der Waals surface area contributed by atoms with Gasteiger partial charge in [-0.15, -0.1) is 0 Å². The van der Waals surface area contributed by atoms with E-state index in [1.807, 2.05) is 18.2 Å². The van der Waals surface area contributed by atoms with Crippen molar-refractivity contribution >= 4 is 5.91 Å². The molecule has 1 aliphatic carbocycles. The SMILES string of the molecule is O=C(NC1CCc2cc(-c3ccncc3F)ccc2C1)c1cnn(Cc2cccc(C(F)(F)F)c2)c1. The van der Waals surface area contributed by atoms with Crippen LogP contribution in [0.3, 0.4) is 0 Å². The van der Waals surface area contributed by atoms with Gasteiger partial charge in [0.25, 0.3) is 5.91 Å². The number of fused-ring (bicyclic) bond motifs is 1. The Morgan fingerprint density at radius 1 is 1.08 bits per heavy atom. The number of benzene rings is 2. The average Bonchev–Trinajstić information content (AvgIpc) is 3.32. The predicted molar refractivity (Wildman–Crippen MR) is 126 cm³/mol. The van der Waals surface area contributed by atoms with Crippen molar-refractivity contribution in [3.63, 3.8) is 0 Å². The molecule has 0 fully saturated rings. The van der Waals surface area contributed by atoms with Gasteiger partial charge in [0, 0.05) is 24.0 Å². The zero-order valence-corrected chi connectivity index (χ0v) is 19.1. The zero-order chi connectivity index (χ0) is 25.3. The molecule has 5 rings (SSSR count). The Kier molecular flexibility index (Phi) is 6.30. The van der Waals surface area contributed by atoms with Gasteiger partial charge in [-0.25, -0.2) is 4.39 Å². The van der Waals surface area contributed by atoms with E-state index in [4.69, 9.17) is 0 Å². The summed E-state index contributed by atoms with van der Waals surface area (Å²) in [6, 6.07) is 12.5. The monoisotopic (exact) mass is 494 g/mol. The van der Waals surface area contributed by atoms with Crippen molar-refractivity contribution in [3.05, 3.63) is 107 Å². The van der Waals surface area contributed by atoms with Gasteiger partial charge in [-0.05, 0) is 59.7 Å². The van der Waals surface area contributed by atoms with E-state index in [0.717, 1.165) is 41.7 Å². The third kappa shape index (κ3) is 5.15. The number of amides is 1. The highest BCUT2D eigenvalue weighted by molar-refractivity contribution is 5.93. The Bertz CT molecular complexity index is 1410. The number of halogens is 4. The normalized spacial score (nSPS) is 15.4. The van der Waals surface area contributed by atoms with E-state index >= 15 is 0 Å². The highest BCUT2D eigenvalue weighted by atomic mass is 19.4. The minimum Gasteiger partial charge on any atom is -0.349 e. The van der Waals surface area contributed by atoms with E-state index in [-0.39, 0.29) is 24.3 Å². The fourth-order valence-electron chi connectivity index (χ4n) is 4.52. The summed E-state index contributed by atoms with van der Waals surface area (Å²) in [6.07, 6.45) is 3.42. The Morgan fingerprint density at radius 2 is 1.94 bits per heavy atom. The number of hydrogen-bond acceptors (Lipinski definition) is 3. The molecule has 0 bridgehead atoms. The van der Waals surface area contributed by atoms with Gasteiger partial charge in [0.15, 0.2) is 0 Å². The number of nitrogens with one attached hydrogen (secondary N) is 1. The van der Waals surface area contributed by atoms with Crippen molar-refractivity contribution < 1.29 is 22.4 Å². The second-order valence-corrected chi connectivity index (χ2v) is 8.88. The summed E-state index contributed by atoms with van der Waals surface area (Å²) in [6.45, 7) is 0.119. The quantitative estimate of drug-likeness (QED) is 0.376. The van der Waals surface area contributed by atoms with Crippen LogP contribution in [0.5, 0.6) is 0 Å². The van der Waals surface area contributed by atoms with Gasteiger partial charge in [-0.2, -0.15) is 18.3 Å². The number of hydrogen-bond donors (Lipinski definition) is 1. The number of carbonyl (C=O) groups excluding carboxylic acids is 1. The smallest absolute Gasteiger partial charge is 0.349 e. The molecule has 1 N–H and O–H groups in total. The molecule has 0 spiro atoms. The van der Waals surface area contributed by atoms with Crippen LogP contribution in [0.1, 0.15) is 39.0 Å². The number of aryl methyl sites for hydroxylation is 1. The fourth-order valence-corrected chi connectivity index (χ4v) is 4.52. The molecular weight excluding hydrogens is 472 g/mol. The molecule has 2 aromatic heterocycles. The largest absolute Gasteiger partial charge is 0.416 e. The Hall–Kier alpha value is -4.01. The summed E-state index contributed by atoms with van der Waals surface area (Å²) in [5.74, 6) is -0.652. The summed E-state index contributed by atoms with van der Waals surface area (Å²) in [5, 5.41) is 7.17. The summed E-state index contributed by atoms with van der Waals surface area (Å²) in [5.41, 5.74) is 3.59. The molecule has 0 saturated heterocycles. The van der Waals surface area contributed by atoms with Crippen molar-refractivity contribution in [2.45, 2.75) is 38.0 Å². The van der Waals surface area contributed by atoms with Crippen LogP contribution in [-0.4, -0.2) is 26.7 Å². The molecule has 4 aromatic rings. The molecule has 2 heterocycles. The van der Waals surface area contributed by atoms with Crippen molar-refractivity contribution in [2.75, 3.05) is 0 Å². The Morgan fingerprint density at radius 3 is 2.75 bits per heavy atom. The van der Waals surface area contributed by atoms with E-state index in [9.17, 15) is 22.4 Å². The maximum absolute atomic E-state index is 14.1. The van der Waals surface area contributed by atoms with Crippen LogP contribution in [-0.2, 0) is 25.6 Å². The van der Waals surface area contributed by atoms with Crippen LogP contribution in [0.15, 0.2) is 73.3 Å². The second-order valence-electron chi connectivity index (χ2n) is 8.88. The molecule has 0 aliphatic heterocycles. The van der Waals surface area contributed by atoms with E-state index in [2.05, 4.69) is 15.4 Å². The van der Waals surface area contributed by atoms with Crippen molar-refractivity contribution in [2.24, 2.45) is 0 Å². The molecule has 184 valence electrons. The minimum atomic E-state index is -4.42. The first-order chi connectivity index (χ1) is 17.3. The first-order valence-electron chi connectivity index (χ1n) is 11.5. The van der Waals surface area contributed by atoms with Gasteiger partial charge in [-0.1, -0.05) is 30.3 Å². The van der Waals surface area contributed by atoms with Gasteiger partial charge < -0.3 is 5.32 Å². The van der Waals surface area contributed by atoms with Crippen LogP contribution >= 0.6 is 0 Å². The van der Waals surface area contributed by atoms with Crippen LogP contribution in [0.25, 0.3) is 11.1 Å². The average molecular weight is 494 g/mol. The van der Waals surface area contributed by atoms with E-state index < -0.39 is 11.7 Å². The topological polar surface area (TPSA) is 59.8 Å². The zero-order valence-electron chi connectivity index (χ0n) is 19.1. The lowest BCUT2D eigenvalue weighted by Crippen LogP contribution is -2.38. The summed E-state index contributed by atoms with van der Waals surface area (Å²) in [4.78, 5) is 16.6. The lowest BCUT2D eigenvalue weighted by atomic mass is 9.86. The molecule has 9 heteroatoms. The van der Waals surface area contributed by atoms with Gasteiger partial charge in [-0.3, -0.25) is 14.5 Å². The molecule has 1 amide bonds. The first-order valence-corrected chi connectivity index (χ1v) is 11.5. The highest BCUT2D eigenvalue weighted by Crippen LogP contribution is 2.30. The van der Waals surface area contributed by atoms with E-state index in [1.165, 1.54) is 29.3 Å². The predicted octanol–water partition coefficient (Wildman–Crippen LogP) is 5.44. The number of pyridine rings is 1. The first kappa shape index (κ1) is 23.7. The molecule has 5 nitrogen and oxygen atoms in total. The summed E-state index contributed by atoms with van der Waals surface area (Å²) in [7, 11) is 0. The molecular formula is C27H22F4N4O. The number of aromatic nitrogens is 3. The second kappa shape index (κ2) is 9.56. The van der Waals surface area contributed by atoms with Crippen molar-refractivity contribution in [1.82, 2.24) is 20.1 Å². The highest BCUT2D eigenvalue weighted by Gasteiger charge is 2.30. The van der Waals surface area contributed by atoms with Gasteiger partial charge in [0.05, 0.1) is 30.1 Å². The van der Waals surface area contributed by atoms with Gasteiger partial charge in [0.1, 0.15) is 5.82 Å². The molecule has 0 saturated carbocycles. The number of nitrogens with zero attached hydrogens (tertiary/aromatic N) is 3. The molecule has 36 heavy (non-hydrogen) atoms. The standard InChI is InChI=1S/C27H22F4N4O/c28-25-14-32-9-8-24(25)20-5-4-19-12-23(7-6-18(19)11-20)34-26(36)21-13-33-35(16-21)15-17-2-1-3-22(10-17)27(29,30)31/h1-5,8-11,13-14,16,23H,6-7,12,15H2,(H,34,36). The molecule has 1 atom stereocenters. The maximum Gasteiger partial charge on any atom is 0.416 e. The minimum absolute atomic E-state index is 0.0691. The van der Waals surface area contributed by atoms with Crippen molar-refractivity contribution in [3.8, 4) is 11.1 Å². The van der Waals surface area contributed by atoms with E-state index in [1.54, 1.807) is 18.3 Å². The number of alkyl halides is 3. The fraction of sp³-hybridized carbons (Fsp3) is 0.222. The van der Waals surface area contributed by atoms with Crippen molar-refractivity contribution in [1.29, 1.82) is 0 Å². The van der Waals surface area contributed by atoms with E-state index in [0.29, 0.717) is 23.1 Å². The van der Waals surface area contributed by atoms with Crippen LogP contribution in [0.2, 0.25) is 0 Å². The van der Waals surface area contributed by atoms with Gasteiger partial charge >= 0.3 is 6.18 Å². The number of rotatable bonds is 5. The molecule has 2 aromatic carbocycles. The lowest BCUT2D eigenvalue weighted by Gasteiger charge is -2.26. The molecule has 0 radical (unpaired) electrons. The Balaban J connectivity index is 1.22. The van der Waals surface area contributed by atoms with Crippen LogP contribution < -0.4 is 5.32 Å². The molecule has 1 aliphatic rings. The van der Waals surface area contributed by atoms with Crippen LogP contribution in [0.4, 0.5) is 17.6 Å². The number of carbonyl (C=O) groups is 1. The van der Waals surface area contributed by atoms with Gasteiger partial charge in [0.2, 0.25) is 0 Å². The Labute approximate surface area is 204 Å². The summed E-state index contributed by atoms with van der Waals surface area (Å²) >= 11 is 0. The third-order valence-corrected chi connectivity index (χ3v) is 6.35. The maximum atomic E-state index is 14.1. The molecule has 1 unspecified atom stereocenters. The summed E-state index contributed by atoms with van der Waals surface area (Å²) < 4.78 is 54.4. The lowest BCUT2D eigenvalue weighted by molar-refractivity contribution is -0.137. The van der Waals surface area contributed by atoms with Crippen LogP contribution in [0, 0.1) is 5.82 Å².